The van der Waals surface area contributed by atoms with E-state index in [0.717, 1.165) is 12.8 Å². The molecular weight excluding hydrogens is 194 g/mol. The van der Waals surface area contributed by atoms with Crippen LogP contribution >= 0.6 is 0 Å². The highest BCUT2D eigenvalue weighted by atomic mass is 16.5. The van der Waals surface area contributed by atoms with Gasteiger partial charge in [-0.2, -0.15) is 0 Å². The van der Waals surface area contributed by atoms with E-state index in [1.807, 2.05) is 0 Å². The van der Waals surface area contributed by atoms with Gasteiger partial charge in [-0.3, -0.25) is 4.79 Å². The molecule has 88 valence electrons. The van der Waals surface area contributed by atoms with E-state index < -0.39 is 0 Å². The maximum Gasteiger partial charge on any atom is 0.220 e. The van der Waals surface area contributed by atoms with Crippen molar-refractivity contribution in [2.75, 3.05) is 26.4 Å². The van der Waals surface area contributed by atoms with Crippen LogP contribution in [0.15, 0.2) is 12.7 Å². The zero-order valence-electron chi connectivity index (χ0n) is 9.21. The number of aliphatic hydroxyl groups excluding tert-OH is 1. The summed E-state index contributed by atoms with van der Waals surface area (Å²) in [5.41, 5.74) is 0. The summed E-state index contributed by atoms with van der Waals surface area (Å²) in [7, 11) is 0. The quantitative estimate of drug-likeness (QED) is 0.420. The van der Waals surface area contributed by atoms with E-state index in [1.165, 1.54) is 0 Å². The highest BCUT2D eigenvalue weighted by Crippen LogP contribution is 1.93. The molecule has 0 bridgehead atoms. The smallest absolute Gasteiger partial charge is 0.220 e. The number of aliphatic hydroxyl groups is 1. The molecule has 15 heavy (non-hydrogen) atoms. The summed E-state index contributed by atoms with van der Waals surface area (Å²) in [5, 5.41) is 11.3. The summed E-state index contributed by atoms with van der Waals surface area (Å²) >= 11 is 0. The lowest BCUT2D eigenvalue weighted by atomic mass is 10.2. The molecule has 1 amide bonds. The average molecular weight is 215 g/mol. The minimum atomic E-state index is 0.0239. The predicted molar refractivity (Wildman–Crippen MR) is 59.6 cm³/mol. The third-order valence-corrected chi connectivity index (χ3v) is 1.85. The van der Waals surface area contributed by atoms with Gasteiger partial charge in [0.2, 0.25) is 5.91 Å². The Morgan fingerprint density at radius 3 is 2.87 bits per heavy atom. The molecule has 0 unspecified atom stereocenters. The Bertz CT molecular complexity index is 171. The van der Waals surface area contributed by atoms with Crippen LogP contribution in [0.5, 0.6) is 0 Å². The summed E-state index contributed by atoms with van der Waals surface area (Å²) in [6.07, 6.45) is 4.54. The molecule has 4 heteroatoms. The standard InChI is InChI=1S/C11H21NO3/c1-2-3-9-15-10-7-12-11(14)6-4-5-8-13/h2,13H,1,3-10H2,(H,12,14). The summed E-state index contributed by atoms with van der Waals surface area (Å²) in [4.78, 5) is 11.1. The van der Waals surface area contributed by atoms with Crippen molar-refractivity contribution in [1.29, 1.82) is 0 Å². The van der Waals surface area contributed by atoms with E-state index in [9.17, 15) is 4.79 Å². The summed E-state index contributed by atoms with van der Waals surface area (Å²) in [6, 6.07) is 0. The number of nitrogens with one attached hydrogen (secondary N) is 1. The second-order valence-electron chi connectivity index (χ2n) is 3.22. The molecule has 0 radical (unpaired) electrons. The van der Waals surface area contributed by atoms with E-state index in [0.29, 0.717) is 32.6 Å². The Morgan fingerprint density at radius 2 is 2.20 bits per heavy atom. The summed E-state index contributed by atoms with van der Waals surface area (Å²) < 4.78 is 5.22. The van der Waals surface area contributed by atoms with Crippen LogP contribution in [0, 0.1) is 0 Å². The van der Waals surface area contributed by atoms with E-state index in [-0.39, 0.29) is 12.5 Å². The van der Waals surface area contributed by atoms with Crippen molar-refractivity contribution in [2.45, 2.75) is 25.7 Å². The van der Waals surface area contributed by atoms with Gasteiger partial charge in [0.25, 0.3) is 0 Å². The molecule has 0 aliphatic heterocycles. The first kappa shape index (κ1) is 14.1. The number of carbonyl (C=O) groups excluding carboxylic acids is 1. The lowest BCUT2D eigenvalue weighted by Gasteiger charge is -2.05. The molecule has 0 saturated heterocycles. The molecule has 0 spiro atoms. The lowest BCUT2D eigenvalue weighted by Crippen LogP contribution is -2.27. The Balaban J connectivity index is 3.13. The normalized spacial score (nSPS) is 9.93. The fourth-order valence-corrected chi connectivity index (χ4v) is 1.02. The van der Waals surface area contributed by atoms with Crippen LogP contribution in [-0.2, 0) is 9.53 Å². The first-order valence-electron chi connectivity index (χ1n) is 5.37. The molecule has 0 aliphatic carbocycles. The Morgan fingerprint density at radius 1 is 1.40 bits per heavy atom. The molecule has 0 aliphatic rings. The highest BCUT2D eigenvalue weighted by Gasteiger charge is 1.99. The Hall–Kier alpha value is -0.870. The maximum absolute atomic E-state index is 11.1. The Kier molecular flexibility index (Phi) is 10.6. The SMILES string of the molecule is C=CCCOCCNC(=O)CCCCO. The Labute approximate surface area is 91.3 Å². The second-order valence-corrected chi connectivity index (χ2v) is 3.22. The van der Waals surface area contributed by atoms with Gasteiger partial charge in [0.15, 0.2) is 0 Å². The molecule has 0 aromatic carbocycles. The number of ether oxygens (including phenoxy) is 1. The van der Waals surface area contributed by atoms with Crippen LogP contribution < -0.4 is 5.32 Å². The molecule has 0 aromatic heterocycles. The molecule has 0 heterocycles. The molecule has 0 fully saturated rings. The van der Waals surface area contributed by atoms with E-state index >= 15 is 0 Å². The van der Waals surface area contributed by atoms with Crippen molar-refractivity contribution in [3.63, 3.8) is 0 Å². The van der Waals surface area contributed by atoms with E-state index in [1.54, 1.807) is 6.08 Å². The number of amides is 1. The van der Waals surface area contributed by atoms with Gasteiger partial charge in [0, 0.05) is 19.6 Å². The third-order valence-electron chi connectivity index (χ3n) is 1.85. The number of hydrogen-bond donors (Lipinski definition) is 2. The number of unbranched alkanes of at least 4 members (excludes halogenated alkanes) is 1. The van der Waals surface area contributed by atoms with Crippen LogP contribution in [-0.4, -0.2) is 37.4 Å². The number of rotatable bonds is 10. The van der Waals surface area contributed by atoms with Gasteiger partial charge in [-0.1, -0.05) is 6.08 Å². The van der Waals surface area contributed by atoms with Gasteiger partial charge >= 0.3 is 0 Å². The molecular formula is C11H21NO3. The van der Waals surface area contributed by atoms with Gasteiger partial charge in [-0.15, -0.1) is 6.58 Å². The highest BCUT2D eigenvalue weighted by molar-refractivity contribution is 5.75. The number of hydrogen-bond acceptors (Lipinski definition) is 3. The topological polar surface area (TPSA) is 58.6 Å². The number of carbonyl (C=O) groups is 1. The van der Waals surface area contributed by atoms with Gasteiger partial charge < -0.3 is 15.2 Å². The monoisotopic (exact) mass is 215 g/mol. The van der Waals surface area contributed by atoms with Gasteiger partial charge in [-0.25, -0.2) is 0 Å². The fourth-order valence-electron chi connectivity index (χ4n) is 1.02. The van der Waals surface area contributed by atoms with Crippen molar-refractivity contribution < 1.29 is 14.6 Å². The minimum absolute atomic E-state index is 0.0239. The van der Waals surface area contributed by atoms with Crippen LogP contribution in [0.4, 0.5) is 0 Å². The van der Waals surface area contributed by atoms with Crippen LogP contribution in [0.3, 0.4) is 0 Å². The van der Waals surface area contributed by atoms with Gasteiger partial charge in [-0.05, 0) is 19.3 Å². The predicted octanol–water partition coefficient (Wildman–Crippen LogP) is 0.858. The van der Waals surface area contributed by atoms with Crippen molar-refractivity contribution in [2.24, 2.45) is 0 Å². The summed E-state index contributed by atoms with van der Waals surface area (Å²) in [5.74, 6) is 0.0239. The summed E-state index contributed by atoms with van der Waals surface area (Å²) in [6.45, 7) is 5.48. The maximum atomic E-state index is 11.1. The molecule has 0 saturated carbocycles. The molecule has 2 N–H and O–H groups in total. The molecule has 0 atom stereocenters. The zero-order valence-corrected chi connectivity index (χ0v) is 9.21. The van der Waals surface area contributed by atoms with Crippen LogP contribution in [0.25, 0.3) is 0 Å². The van der Waals surface area contributed by atoms with Crippen molar-refractivity contribution in [3.05, 3.63) is 12.7 Å². The minimum Gasteiger partial charge on any atom is -0.396 e. The first-order chi connectivity index (χ1) is 7.31. The van der Waals surface area contributed by atoms with Gasteiger partial charge in [0.05, 0.1) is 13.2 Å². The van der Waals surface area contributed by atoms with Crippen molar-refractivity contribution in [1.82, 2.24) is 5.32 Å². The van der Waals surface area contributed by atoms with Crippen LogP contribution in [0.2, 0.25) is 0 Å². The molecule has 0 aromatic rings. The fraction of sp³-hybridized carbons (Fsp3) is 0.727. The van der Waals surface area contributed by atoms with E-state index in [2.05, 4.69) is 11.9 Å². The van der Waals surface area contributed by atoms with Crippen LogP contribution in [0.1, 0.15) is 25.7 Å². The van der Waals surface area contributed by atoms with Crippen molar-refractivity contribution >= 4 is 5.91 Å². The zero-order chi connectivity index (χ0) is 11.4. The molecule has 0 rings (SSSR count). The third kappa shape index (κ3) is 11.1. The van der Waals surface area contributed by atoms with E-state index in [4.69, 9.17) is 9.84 Å². The largest absolute Gasteiger partial charge is 0.396 e. The average Bonchev–Trinajstić information content (AvgIpc) is 2.23. The van der Waals surface area contributed by atoms with Crippen molar-refractivity contribution in [3.8, 4) is 0 Å². The first-order valence-corrected chi connectivity index (χ1v) is 5.37. The lowest BCUT2D eigenvalue weighted by molar-refractivity contribution is -0.121. The van der Waals surface area contributed by atoms with Gasteiger partial charge in [0.1, 0.15) is 0 Å². The molecule has 4 nitrogen and oxygen atoms in total. The second kappa shape index (κ2) is 11.2.